The van der Waals surface area contributed by atoms with Crippen LogP contribution in [0.2, 0.25) is 0 Å². The minimum absolute atomic E-state index is 0.0133. The Hall–Kier alpha value is -1.33. The topological polar surface area (TPSA) is 58.0 Å². The first-order valence-corrected chi connectivity index (χ1v) is 5.55. The third kappa shape index (κ3) is 2.81. The number of thiazole rings is 1. The Labute approximate surface area is 90.9 Å². The van der Waals surface area contributed by atoms with Gasteiger partial charge in [0.2, 0.25) is 0 Å². The van der Waals surface area contributed by atoms with E-state index < -0.39 is 0 Å². The summed E-state index contributed by atoms with van der Waals surface area (Å²) in [6, 6.07) is 3.88. The van der Waals surface area contributed by atoms with Crippen LogP contribution in [0, 0.1) is 6.92 Å². The number of aromatic nitrogens is 1. The molecule has 0 bridgehead atoms. The van der Waals surface area contributed by atoms with E-state index in [2.05, 4.69) is 10.3 Å². The van der Waals surface area contributed by atoms with E-state index in [1.54, 1.807) is 0 Å². The third-order valence-corrected chi connectivity index (χ3v) is 2.70. The first-order chi connectivity index (χ1) is 7.24. The van der Waals surface area contributed by atoms with E-state index in [-0.39, 0.29) is 4.87 Å². The van der Waals surface area contributed by atoms with E-state index >= 15 is 0 Å². The lowest BCUT2D eigenvalue weighted by molar-refractivity contribution is 0.461. The molecule has 0 saturated carbocycles. The zero-order valence-electron chi connectivity index (χ0n) is 8.37. The van der Waals surface area contributed by atoms with Gasteiger partial charge in [-0.15, -0.1) is 0 Å². The SMILES string of the molecule is Cc1ccc(CNCc2csc(=O)[nH]2)o1. The number of hydrogen-bond acceptors (Lipinski definition) is 4. The predicted octanol–water partition coefficient (Wildman–Crippen LogP) is 1.63. The van der Waals surface area contributed by atoms with Crippen molar-refractivity contribution in [2.24, 2.45) is 0 Å². The van der Waals surface area contributed by atoms with Gasteiger partial charge in [-0.3, -0.25) is 4.79 Å². The minimum Gasteiger partial charge on any atom is -0.465 e. The summed E-state index contributed by atoms with van der Waals surface area (Å²) < 4.78 is 5.39. The van der Waals surface area contributed by atoms with Gasteiger partial charge in [-0.25, -0.2) is 0 Å². The van der Waals surface area contributed by atoms with Crippen LogP contribution in [0.15, 0.2) is 26.7 Å². The van der Waals surface area contributed by atoms with Crippen molar-refractivity contribution in [2.75, 3.05) is 0 Å². The van der Waals surface area contributed by atoms with Gasteiger partial charge >= 0.3 is 4.87 Å². The average Bonchev–Trinajstić information content (AvgIpc) is 2.76. The van der Waals surface area contributed by atoms with Gasteiger partial charge in [0.1, 0.15) is 11.5 Å². The van der Waals surface area contributed by atoms with Crippen LogP contribution < -0.4 is 10.2 Å². The second-order valence-electron chi connectivity index (χ2n) is 3.29. The quantitative estimate of drug-likeness (QED) is 0.829. The molecule has 0 spiro atoms. The summed E-state index contributed by atoms with van der Waals surface area (Å²) in [7, 11) is 0. The Morgan fingerprint density at radius 1 is 1.47 bits per heavy atom. The van der Waals surface area contributed by atoms with Gasteiger partial charge in [-0.2, -0.15) is 0 Å². The smallest absolute Gasteiger partial charge is 0.304 e. The summed E-state index contributed by atoms with van der Waals surface area (Å²) in [6.07, 6.45) is 0. The Bertz CT molecular complexity index is 483. The van der Waals surface area contributed by atoms with Crippen molar-refractivity contribution in [1.82, 2.24) is 10.3 Å². The highest BCUT2D eigenvalue weighted by atomic mass is 32.1. The van der Waals surface area contributed by atoms with Crippen molar-refractivity contribution in [3.05, 3.63) is 44.4 Å². The lowest BCUT2D eigenvalue weighted by Gasteiger charge is -1.99. The predicted molar refractivity (Wildman–Crippen MR) is 58.9 cm³/mol. The second kappa shape index (κ2) is 4.46. The molecule has 2 N–H and O–H groups in total. The minimum atomic E-state index is -0.0133. The fourth-order valence-electron chi connectivity index (χ4n) is 1.30. The zero-order valence-corrected chi connectivity index (χ0v) is 9.19. The molecule has 80 valence electrons. The Kier molecular flexibility index (Phi) is 3.03. The van der Waals surface area contributed by atoms with E-state index in [1.165, 1.54) is 11.3 Å². The highest BCUT2D eigenvalue weighted by Crippen LogP contribution is 2.05. The van der Waals surface area contributed by atoms with Crippen molar-refractivity contribution < 1.29 is 4.42 Å². The summed E-state index contributed by atoms with van der Waals surface area (Å²) >= 11 is 1.18. The maximum Gasteiger partial charge on any atom is 0.304 e. The molecule has 0 amide bonds. The van der Waals surface area contributed by atoms with Crippen LogP contribution in [-0.2, 0) is 13.1 Å². The van der Waals surface area contributed by atoms with Crippen LogP contribution in [0.4, 0.5) is 0 Å². The average molecular weight is 224 g/mol. The van der Waals surface area contributed by atoms with Crippen molar-refractivity contribution in [3.8, 4) is 0 Å². The molecular formula is C10H12N2O2S. The highest BCUT2D eigenvalue weighted by molar-refractivity contribution is 7.07. The van der Waals surface area contributed by atoms with Crippen molar-refractivity contribution in [3.63, 3.8) is 0 Å². The number of furan rings is 1. The molecule has 0 aromatic carbocycles. The highest BCUT2D eigenvalue weighted by Gasteiger charge is 1.99. The van der Waals surface area contributed by atoms with Crippen LogP contribution in [0.3, 0.4) is 0 Å². The van der Waals surface area contributed by atoms with E-state index in [0.717, 1.165) is 17.2 Å². The molecule has 2 rings (SSSR count). The Morgan fingerprint density at radius 3 is 2.93 bits per heavy atom. The lowest BCUT2D eigenvalue weighted by Crippen LogP contribution is -2.13. The first-order valence-electron chi connectivity index (χ1n) is 4.67. The van der Waals surface area contributed by atoms with Gasteiger partial charge in [-0.05, 0) is 19.1 Å². The van der Waals surface area contributed by atoms with Gasteiger partial charge in [0.05, 0.1) is 6.54 Å². The maximum absolute atomic E-state index is 10.8. The van der Waals surface area contributed by atoms with Gasteiger partial charge in [0.25, 0.3) is 0 Å². The van der Waals surface area contributed by atoms with E-state index in [0.29, 0.717) is 13.1 Å². The molecule has 2 aromatic heterocycles. The molecule has 0 aliphatic carbocycles. The van der Waals surface area contributed by atoms with Crippen molar-refractivity contribution in [1.29, 1.82) is 0 Å². The summed E-state index contributed by atoms with van der Waals surface area (Å²) in [4.78, 5) is 13.6. The second-order valence-corrected chi connectivity index (χ2v) is 4.13. The molecular weight excluding hydrogens is 212 g/mol. The molecule has 0 unspecified atom stereocenters. The lowest BCUT2D eigenvalue weighted by atomic mass is 10.4. The van der Waals surface area contributed by atoms with Crippen LogP contribution in [0.25, 0.3) is 0 Å². The summed E-state index contributed by atoms with van der Waals surface area (Å²) in [5.74, 6) is 1.82. The maximum atomic E-state index is 10.8. The van der Waals surface area contributed by atoms with Gasteiger partial charge in [0.15, 0.2) is 0 Å². The Morgan fingerprint density at radius 2 is 2.33 bits per heavy atom. The van der Waals surface area contributed by atoms with E-state index in [4.69, 9.17) is 4.42 Å². The van der Waals surface area contributed by atoms with Crippen LogP contribution in [0.1, 0.15) is 17.2 Å². The molecule has 0 aliphatic heterocycles. The molecule has 0 saturated heterocycles. The van der Waals surface area contributed by atoms with Gasteiger partial charge < -0.3 is 14.7 Å². The summed E-state index contributed by atoms with van der Waals surface area (Å²) in [6.45, 7) is 3.24. The van der Waals surface area contributed by atoms with Crippen LogP contribution in [0.5, 0.6) is 0 Å². The first kappa shape index (κ1) is 10.2. The van der Waals surface area contributed by atoms with Gasteiger partial charge in [-0.1, -0.05) is 11.3 Å². The van der Waals surface area contributed by atoms with E-state index in [9.17, 15) is 4.79 Å². The molecule has 0 fully saturated rings. The number of H-pyrrole nitrogens is 1. The molecule has 0 aliphatic rings. The molecule has 15 heavy (non-hydrogen) atoms. The molecule has 4 nitrogen and oxygen atoms in total. The fourth-order valence-corrected chi connectivity index (χ4v) is 1.88. The largest absolute Gasteiger partial charge is 0.465 e. The normalized spacial score (nSPS) is 10.7. The van der Waals surface area contributed by atoms with Crippen molar-refractivity contribution >= 4 is 11.3 Å². The Balaban J connectivity index is 1.82. The number of aromatic amines is 1. The zero-order chi connectivity index (χ0) is 10.7. The number of nitrogens with one attached hydrogen (secondary N) is 2. The standard InChI is InChI=1S/C10H12N2O2S/c1-7-2-3-9(14-7)5-11-4-8-6-15-10(13)12-8/h2-3,6,11H,4-5H2,1H3,(H,12,13). The molecule has 5 heteroatoms. The summed E-state index contributed by atoms with van der Waals surface area (Å²) in [5.41, 5.74) is 0.910. The molecule has 2 heterocycles. The monoisotopic (exact) mass is 224 g/mol. The number of rotatable bonds is 4. The number of hydrogen-bond donors (Lipinski definition) is 2. The van der Waals surface area contributed by atoms with Gasteiger partial charge in [0, 0.05) is 17.6 Å². The van der Waals surface area contributed by atoms with Crippen LogP contribution >= 0.6 is 11.3 Å². The third-order valence-electron chi connectivity index (χ3n) is 1.98. The molecule has 0 radical (unpaired) electrons. The van der Waals surface area contributed by atoms with Crippen LogP contribution in [-0.4, -0.2) is 4.98 Å². The molecule has 2 aromatic rings. The summed E-state index contributed by atoms with van der Waals surface area (Å²) in [5, 5.41) is 5.01. The molecule has 0 atom stereocenters. The fraction of sp³-hybridized carbons (Fsp3) is 0.300. The van der Waals surface area contributed by atoms with E-state index in [1.807, 2.05) is 24.4 Å². The van der Waals surface area contributed by atoms with Crippen molar-refractivity contribution in [2.45, 2.75) is 20.0 Å². The number of aryl methyl sites for hydroxylation is 1.